The van der Waals surface area contributed by atoms with Crippen LogP contribution in [0.15, 0.2) is 0 Å². The molecule has 0 bridgehead atoms. The molecule has 0 aromatic carbocycles. The lowest BCUT2D eigenvalue weighted by Gasteiger charge is -2.31. The predicted molar refractivity (Wildman–Crippen MR) is 68.0 cm³/mol. The monoisotopic (exact) mass is 264 g/mol. The Kier molecular flexibility index (Phi) is 6.40. The zero-order valence-electron chi connectivity index (χ0n) is 10.8. The van der Waals surface area contributed by atoms with Crippen LogP contribution < -0.4 is 4.72 Å². The van der Waals surface area contributed by atoms with Gasteiger partial charge in [-0.2, -0.15) is 12.7 Å². The summed E-state index contributed by atoms with van der Waals surface area (Å²) in [6.07, 6.45) is 2.79. The van der Waals surface area contributed by atoms with Crippen LogP contribution in [-0.2, 0) is 14.9 Å². The van der Waals surface area contributed by atoms with E-state index in [4.69, 9.17) is 4.74 Å². The molecule has 1 atom stereocenters. The highest BCUT2D eigenvalue weighted by molar-refractivity contribution is 7.87. The first-order valence-corrected chi connectivity index (χ1v) is 7.86. The lowest BCUT2D eigenvalue weighted by Crippen LogP contribution is -2.46. The molecule has 17 heavy (non-hydrogen) atoms. The van der Waals surface area contributed by atoms with E-state index in [0.29, 0.717) is 38.8 Å². The quantitative estimate of drug-likeness (QED) is 0.745. The average Bonchev–Trinajstić information content (AvgIpc) is 2.34. The molecule has 5 nitrogen and oxygen atoms in total. The molecule has 102 valence electrons. The van der Waals surface area contributed by atoms with Gasteiger partial charge in [0.1, 0.15) is 0 Å². The molecule has 1 unspecified atom stereocenters. The van der Waals surface area contributed by atoms with Crippen LogP contribution >= 0.6 is 0 Å². The Hall–Kier alpha value is -0.170. The van der Waals surface area contributed by atoms with E-state index in [1.807, 2.05) is 13.8 Å². The van der Waals surface area contributed by atoms with E-state index < -0.39 is 10.2 Å². The van der Waals surface area contributed by atoms with Crippen molar-refractivity contribution in [3.05, 3.63) is 0 Å². The number of nitrogens with one attached hydrogen (secondary N) is 1. The van der Waals surface area contributed by atoms with Crippen molar-refractivity contribution < 1.29 is 13.2 Å². The minimum Gasteiger partial charge on any atom is -0.381 e. The minimum absolute atomic E-state index is 0.335. The molecular weight excluding hydrogens is 240 g/mol. The van der Waals surface area contributed by atoms with Gasteiger partial charge in [0, 0.05) is 26.2 Å². The number of rotatable bonds is 7. The first-order chi connectivity index (χ1) is 8.10. The molecule has 0 aromatic rings. The van der Waals surface area contributed by atoms with Gasteiger partial charge in [0.05, 0.1) is 6.61 Å². The van der Waals surface area contributed by atoms with Gasteiger partial charge in [0.2, 0.25) is 0 Å². The highest BCUT2D eigenvalue weighted by atomic mass is 32.2. The fourth-order valence-corrected chi connectivity index (χ4v) is 3.41. The first kappa shape index (κ1) is 14.9. The Morgan fingerprint density at radius 3 is 2.82 bits per heavy atom. The van der Waals surface area contributed by atoms with E-state index in [9.17, 15) is 8.42 Å². The Bertz CT molecular complexity index is 306. The van der Waals surface area contributed by atoms with Crippen LogP contribution in [0.1, 0.15) is 33.1 Å². The summed E-state index contributed by atoms with van der Waals surface area (Å²) in [5.74, 6) is 0.335. The zero-order valence-corrected chi connectivity index (χ0v) is 11.6. The third-order valence-corrected chi connectivity index (χ3v) is 4.49. The van der Waals surface area contributed by atoms with Gasteiger partial charge in [0.25, 0.3) is 10.2 Å². The highest BCUT2D eigenvalue weighted by Crippen LogP contribution is 2.18. The van der Waals surface area contributed by atoms with Crippen LogP contribution in [-0.4, -0.2) is 45.6 Å². The van der Waals surface area contributed by atoms with Crippen molar-refractivity contribution in [1.82, 2.24) is 9.03 Å². The smallest absolute Gasteiger partial charge is 0.279 e. The summed E-state index contributed by atoms with van der Waals surface area (Å²) >= 11 is 0. The van der Waals surface area contributed by atoms with E-state index >= 15 is 0 Å². The summed E-state index contributed by atoms with van der Waals surface area (Å²) in [6, 6.07) is 0. The molecule has 1 aliphatic heterocycles. The lowest BCUT2D eigenvalue weighted by atomic mass is 10.0. The normalized spacial score (nSPS) is 22.8. The zero-order chi connectivity index (χ0) is 12.7. The molecule has 1 heterocycles. The lowest BCUT2D eigenvalue weighted by molar-refractivity contribution is 0.0862. The second kappa shape index (κ2) is 7.31. The molecule has 0 spiro atoms. The van der Waals surface area contributed by atoms with Crippen molar-refractivity contribution >= 4 is 10.2 Å². The molecule has 0 aliphatic carbocycles. The molecule has 0 saturated carbocycles. The minimum atomic E-state index is -3.28. The Labute approximate surface area is 105 Å². The molecule has 1 aliphatic rings. The summed E-state index contributed by atoms with van der Waals surface area (Å²) < 4.78 is 33.4. The third-order valence-electron chi connectivity index (χ3n) is 2.91. The number of hydrogen-bond acceptors (Lipinski definition) is 3. The SMILES string of the molecule is CCCNS(=O)(=O)N1CCCC(COCC)C1. The standard InChI is InChI=1S/C11H24N2O3S/c1-3-7-12-17(14,15)13-8-5-6-11(9-13)10-16-4-2/h11-12H,3-10H2,1-2H3. The molecule has 0 radical (unpaired) electrons. The fourth-order valence-electron chi connectivity index (χ4n) is 1.99. The van der Waals surface area contributed by atoms with Crippen LogP contribution in [0, 0.1) is 5.92 Å². The Morgan fingerprint density at radius 1 is 1.41 bits per heavy atom. The molecular formula is C11H24N2O3S. The van der Waals surface area contributed by atoms with Gasteiger partial charge >= 0.3 is 0 Å². The van der Waals surface area contributed by atoms with Crippen molar-refractivity contribution in [3.8, 4) is 0 Å². The predicted octanol–water partition coefficient (Wildman–Crippen LogP) is 0.979. The van der Waals surface area contributed by atoms with Gasteiger partial charge in [0.15, 0.2) is 0 Å². The summed E-state index contributed by atoms with van der Waals surface area (Å²) in [6.45, 7) is 6.99. The summed E-state index contributed by atoms with van der Waals surface area (Å²) in [4.78, 5) is 0. The van der Waals surface area contributed by atoms with E-state index in [-0.39, 0.29) is 0 Å². The van der Waals surface area contributed by atoms with Crippen LogP contribution in [0.25, 0.3) is 0 Å². The fraction of sp³-hybridized carbons (Fsp3) is 1.00. The van der Waals surface area contributed by atoms with Crippen LogP contribution in [0.2, 0.25) is 0 Å². The van der Waals surface area contributed by atoms with E-state index in [1.54, 1.807) is 4.31 Å². The molecule has 1 saturated heterocycles. The molecule has 1 rings (SSSR count). The number of piperidine rings is 1. The second-order valence-corrected chi connectivity index (χ2v) is 6.18. The van der Waals surface area contributed by atoms with Gasteiger partial charge in [-0.05, 0) is 32.1 Å². The topological polar surface area (TPSA) is 58.6 Å². The van der Waals surface area contributed by atoms with Crippen molar-refractivity contribution in [2.24, 2.45) is 5.92 Å². The van der Waals surface area contributed by atoms with E-state index in [0.717, 1.165) is 19.3 Å². The van der Waals surface area contributed by atoms with Crippen molar-refractivity contribution in [3.63, 3.8) is 0 Å². The average molecular weight is 264 g/mol. The Morgan fingerprint density at radius 2 is 2.18 bits per heavy atom. The van der Waals surface area contributed by atoms with Gasteiger partial charge < -0.3 is 4.74 Å². The van der Waals surface area contributed by atoms with Crippen molar-refractivity contribution in [2.75, 3.05) is 32.8 Å². The first-order valence-electron chi connectivity index (χ1n) is 6.42. The number of ether oxygens (including phenoxy) is 1. The maximum absolute atomic E-state index is 11.9. The Balaban J connectivity index is 2.47. The van der Waals surface area contributed by atoms with Gasteiger partial charge in [-0.25, -0.2) is 4.72 Å². The highest BCUT2D eigenvalue weighted by Gasteiger charge is 2.28. The van der Waals surface area contributed by atoms with Crippen LogP contribution in [0.4, 0.5) is 0 Å². The molecule has 1 N–H and O–H groups in total. The molecule has 0 aromatic heterocycles. The van der Waals surface area contributed by atoms with Gasteiger partial charge in [-0.3, -0.25) is 0 Å². The summed E-state index contributed by atoms with van der Waals surface area (Å²) in [5, 5.41) is 0. The van der Waals surface area contributed by atoms with Crippen LogP contribution in [0.5, 0.6) is 0 Å². The third kappa shape index (κ3) is 4.91. The largest absolute Gasteiger partial charge is 0.381 e. The molecule has 1 fully saturated rings. The summed E-state index contributed by atoms with van der Waals surface area (Å²) in [5.41, 5.74) is 0. The van der Waals surface area contributed by atoms with Crippen LogP contribution in [0.3, 0.4) is 0 Å². The number of hydrogen-bond donors (Lipinski definition) is 1. The second-order valence-electron chi connectivity index (χ2n) is 4.43. The van der Waals surface area contributed by atoms with Crippen molar-refractivity contribution in [1.29, 1.82) is 0 Å². The summed E-state index contributed by atoms with van der Waals surface area (Å²) in [7, 11) is -3.28. The van der Waals surface area contributed by atoms with Gasteiger partial charge in [-0.1, -0.05) is 6.92 Å². The van der Waals surface area contributed by atoms with E-state index in [1.165, 1.54) is 0 Å². The van der Waals surface area contributed by atoms with Gasteiger partial charge in [-0.15, -0.1) is 0 Å². The van der Waals surface area contributed by atoms with Crippen molar-refractivity contribution in [2.45, 2.75) is 33.1 Å². The maximum atomic E-state index is 11.9. The maximum Gasteiger partial charge on any atom is 0.279 e. The van der Waals surface area contributed by atoms with E-state index in [2.05, 4.69) is 4.72 Å². The molecule has 0 amide bonds. The molecule has 6 heteroatoms. The number of nitrogens with zero attached hydrogens (tertiary/aromatic N) is 1.